The second-order valence-corrected chi connectivity index (χ2v) is 0. The smallest absolute Gasteiger partial charge is 1.00 e. The first-order valence-electron chi connectivity index (χ1n) is 0. The molecule has 0 bridgehead atoms. The normalized spacial score (nSPS) is 0. The van der Waals surface area contributed by atoms with E-state index in [1.54, 1.807) is 0 Å². The molecule has 0 spiro atoms. The van der Waals surface area contributed by atoms with Crippen LogP contribution in [0, 0.1) is 37.3 Å². The van der Waals surface area contributed by atoms with Crippen molar-refractivity contribution in [2.75, 3.05) is 0 Å². The second kappa shape index (κ2) is 30.3. The summed E-state index contributed by atoms with van der Waals surface area (Å²) in [5.74, 6) is 0. The molecule has 2 N–H and O–H groups in total. The van der Waals surface area contributed by atoms with Crippen LogP contribution >= 0.6 is 0 Å². The van der Waals surface area contributed by atoms with Crippen molar-refractivity contribution in [3.05, 3.63) is 0 Å². The zero-order chi connectivity index (χ0) is 0. The third-order valence-corrected chi connectivity index (χ3v) is 0. The predicted molar refractivity (Wildman–Crippen MR) is 3.61 cm³/mol. The van der Waals surface area contributed by atoms with Crippen LogP contribution in [0.2, 0.25) is 0 Å². The SMILES string of the molecule is O.[Br-].[Br-].[Br-].[Er+3]. The molecule has 0 aliphatic heterocycles. The fraction of sp³-hybridized carbons (Fsp3) is 0. The van der Waals surface area contributed by atoms with E-state index in [4.69, 9.17) is 0 Å². The maximum absolute atomic E-state index is 0. The van der Waals surface area contributed by atoms with Crippen molar-refractivity contribution in [1.29, 1.82) is 0 Å². The van der Waals surface area contributed by atoms with Gasteiger partial charge >= 0.3 is 37.3 Å². The van der Waals surface area contributed by atoms with E-state index in [9.17, 15) is 0 Å². The molecule has 1 nitrogen and oxygen atoms in total. The van der Waals surface area contributed by atoms with E-state index < -0.39 is 0 Å². The molecule has 0 aliphatic carbocycles. The Bertz CT molecular complexity index is 6.85. The van der Waals surface area contributed by atoms with Crippen LogP contribution < -0.4 is 50.9 Å². The van der Waals surface area contributed by atoms with Crippen LogP contribution in [0.4, 0.5) is 0 Å². The van der Waals surface area contributed by atoms with Crippen molar-refractivity contribution in [2.45, 2.75) is 0 Å². The van der Waals surface area contributed by atoms with Crippen molar-refractivity contribution in [3.63, 3.8) is 0 Å². The van der Waals surface area contributed by atoms with Gasteiger partial charge in [-0.15, -0.1) is 0 Å². The van der Waals surface area contributed by atoms with Gasteiger partial charge in [0.1, 0.15) is 0 Å². The van der Waals surface area contributed by atoms with E-state index in [-0.39, 0.29) is 93.7 Å². The summed E-state index contributed by atoms with van der Waals surface area (Å²) < 4.78 is 0. The van der Waals surface area contributed by atoms with Crippen molar-refractivity contribution >= 4 is 0 Å². The molecular weight excluding hydrogens is 423 g/mol. The first-order chi connectivity index (χ1) is 0. The Hall–Kier alpha value is 2.65. The Labute approximate surface area is 92.1 Å². The Morgan fingerprint density at radius 2 is 0.600 bits per heavy atom. The van der Waals surface area contributed by atoms with Gasteiger partial charge in [-0.2, -0.15) is 0 Å². The topological polar surface area (TPSA) is 31.5 Å². The molecule has 0 aliphatic rings. The molecule has 0 aromatic rings. The first-order valence-corrected chi connectivity index (χ1v) is 0. The van der Waals surface area contributed by atoms with Crippen molar-refractivity contribution in [1.82, 2.24) is 0 Å². The Morgan fingerprint density at radius 1 is 0.600 bits per heavy atom. The monoisotopic (exact) mass is 421 g/mol. The van der Waals surface area contributed by atoms with E-state index in [2.05, 4.69) is 0 Å². The quantitative estimate of drug-likeness (QED) is 0.370. The number of rotatable bonds is 0. The predicted octanol–water partition coefficient (Wildman–Crippen LogP) is -9.81. The third-order valence-electron chi connectivity index (χ3n) is 0. The molecule has 0 aromatic carbocycles. The van der Waals surface area contributed by atoms with Crippen molar-refractivity contribution in [3.8, 4) is 0 Å². The van der Waals surface area contributed by atoms with Crippen LogP contribution in [0.15, 0.2) is 0 Å². The molecule has 0 saturated heterocycles. The third kappa shape index (κ3) is 20.5. The van der Waals surface area contributed by atoms with E-state index >= 15 is 0 Å². The summed E-state index contributed by atoms with van der Waals surface area (Å²) in [7, 11) is 0. The fourth-order valence-corrected chi connectivity index (χ4v) is 0. The number of hydrogen-bond donors (Lipinski definition) is 0. The van der Waals surface area contributed by atoms with Gasteiger partial charge < -0.3 is 56.4 Å². The van der Waals surface area contributed by atoms with Gasteiger partial charge in [0.25, 0.3) is 0 Å². The van der Waals surface area contributed by atoms with E-state index in [1.807, 2.05) is 0 Å². The molecule has 0 atom stereocenters. The zero-order valence-electron chi connectivity index (χ0n) is 1.92. The Balaban J connectivity index is 0. The minimum atomic E-state index is 0. The largest absolute Gasteiger partial charge is 3.00 e. The summed E-state index contributed by atoms with van der Waals surface area (Å²) >= 11 is 0. The average molecular weight is 425 g/mol. The summed E-state index contributed by atoms with van der Waals surface area (Å²) in [6.45, 7) is 0. The second-order valence-electron chi connectivity index (χ2n) is 0. The van der Waals surface area contributed by atoms with E-state index in [0.29, 0.717) is 0 Å². The van der Waals surface area contributed by atoms with Crippen molar-refractivity contribution < 1.29 is 93.7 Å². The van der Waals surface area contributed by atoms with Gasteiger partial charge in [-0.25, -0.2) is 0 Å². The van der Waals surface area contributed by atoms with Crippen LogP contribution in [0.1, 0.15) is 0 Å². The molecule has 0 rings (SSSR count). The van der Waals surface area contributed by atoms with Crippen molar-refractivity contribution in [2.24, 2.45) is 0 Å². The fourth-order valence-electron chi connectivity index (χ4n) is 0. The maximum Gasteiger partial charge on any atom is 3.00 e. The molecule has 0 heterocycles. The molecule has 5 heavy (non-hydrogen) atoms. The van der Waals surface area contributed by atoms with Crippen LogP contribution in [-0.2, 0) is 0 Å². The molecule has 0 unspecified atom stereocenters. The average Bonchev–Trinajstić information content (AvgIpc) is 0. The standard InChI is InChI=1S/3BrH.Er.H2O/h3*1H;;1H2/q;;;+3;/p-3. The van der Waals surface area contributed by atoms with Gasteiger partial charge in [-0.05, 0) is 0 Å². The molecule has 5 heteroatoms. The van der Waals surface area contributed by atoms with Gasteiger partial charge in [-0.3, -0.25) is 0 Å². The summed E-state index contributed by atoms with van der Waals surface area (Å²) in [6, 6.07) is 0. The van der Waals surface area contributed by atoms with Crippen LogP contribution in [0.25, 0.3) is 0 Å². The first kappa shape index (κ1) is 48.2. The number of hydrogen-bond acceptors (Lipinski definition) is 0. The van der Waals surface area contributed by atoms with Gasteiger partial charge in [0, 0.05) is 0 Å². The maximum atomic E-state index is 0. The van der Waals surface area contributed by atoms with Crippen LogP contribution in [-0.4, -0.2) is 5.48 Å². The summed E-state index contributed by atoms with van der Waals surface area (Å²) in [6.07, 6.45) is 0. The molecule has 1 radical (unpaired) electrons. The zero-order valence-corrected chi connectivity index (χ0v) is 8.53. The van der Waals surface area contributed by atoms with Gasteiger partial charge in [-0.1, -0.05) is 0 Å². The van der Waals surface area contributed by atoms with Gasteiger partial charge in [0.05, 0.1) is 0 Å². The molecule has 0 amide bonds. The van der Waals surface area contributed by atoms with E-state index in [1.165, 1.54) is 0 Å². The molecular formula is H2Br3ErO. The summed E-state index contributed by atoms with van der Waals surface area (Å²) in [4.78, 5) is 0. The Kier molecular flexibility index (Phi) is 292. The Morgan fingerprint density at radius 3 is 0.600 bits per heavy atom. The summed E-state index contributed by atoms with van der Waals surface area (Å²) in [5, 5.41) is 0. The molecule has 41 valence electrons. The minimum Gasteiger partial charge on any atom is -1.00 e. The molecule has 0 fully saturated rings. The number of halogens is 3. The van der Waals surface area contributed by atoms with Gasteiger partial charge in [0.2, 0.25) is 0 Å². The van der Waals surface area contributed by atoms with E-state index in [0.717, 1.165) is 0 Å². The minimum absolute atomic E-state index is 0. The van der Waals surface area contributed by atoms with Gasteiger partial charge in [0.15, 0.2) is 0 Å². The van der Waals surface area contributed by atoms with Crippen LogP contribution in [0.3, 0.4) is 0 Å². The summed E-state index contributed by atoms with van der Waals surface area (Å²) in [5.41, 5.74) is 0. The molecule has 0 aromatic heterocycles. The van der Waals surface area contributed by atoms with Crippen LogP contribution in [0.5, 0.6) is 0 Å². The molecule has 0 saturated carbocycles.